The van der Waals surface area contributed by atoms with Crippen LogP contribution < -0.4 is 0 Å². The molecule has 8 aromatic carbocycles. The lowest BCUT2D eigenvalue weighted by Gasteiger charge is -2.30. The Balaban J connectivity index is 1.49. The van der Waals surface area contributed by atoms with Gasteiger partial charge in [-0.3, -0.25) is 0 Å². The summed E-state index contributed by atoms with van der Waals surface area (Å²) in [5.41, 5.74) is 18.0. The van der Waals surface area contributed by atoms with Crippen molar-refractivity contribution in [3.05, 3.63) is 190 Å². The lowest BCUT2D eigenvalue weighted by molar-refractivity contribution is 1.49. The summed E-state index contributed by atoms with van der Waals surface area (Å²) < 4.78 is 0. The first-order chi connectivity index (χ1) is 25.4. The molecule has 0 unspecified atom stereocenters. The molecule has 0 spiro atoms. The molecule has 0 saturated heterocycles. The largest absolute Gasteiger partial charge is 0.0843 e. The van der Waals surface area contributed by atoms with Gasteiger partial charge in [0.25, 0.3) is 0 Å². The zero-order valence-corrected chi connectivity index (χ0v) is 30.7. The van der Waals surface area contributed by atoms with Crippen LogP contribution in [0, 0.1) is 0 Å². The second-order valence-electron chi connectivity index (χ2n) is 12.9. The first-order valence-electron chi connectivity index (χ1n) is 17.0. The fourth-order valence-electron chi connectivity index (χ4n) is 7.64. The summed E-state index contributed by atoms with van der Waals surface area (Å²) in [5, 5.41) is 2.80. The molecular weight excluding hydrogens is 718 g/mol. The molecule has 248 valence electrons. The van der Waals surface area contributed by atoms with Crippen molar-refractivity contribution in [2.45, 2.75) is 0 Å². The highest BCUT2D eigenvalue weighted by molar-refractivity contribution is 6.31. The molecular formula is C48H28Cl4. The molecule has 1 aliphatic carbocycles. The first-order valence-corrected chi connectivity index (χ1v) is 18.5. The quantitative estimate of drug-likeness (QED) is 0.168. The maximum absolute atomic E-state index is 6.45. The molecule has 52 heavy (non-hydrogen) atoms. The Labute approximate surface area is 323 Å². The third-order valence-corrected chi connectivity index (χ3v) is 11.0. The van der Waals surface area contributed by atoms with Crippen LogP contribution in [-0.4, -0.2) is 0 Å². The van der Waals surface area contributed by atoms with Crippen molar-refractivity contribution in [3.63, 3.8) is 0 Å². The van der Waals surface area contributed by atoms with Crippen LogP contribution in [0.1, 0.15) is 0 Å². The normalized spacial score (nSPS) is 11.5. The molecule has 0 N–H and O–H groups in total. The van der Waals surface area contributed by atoms with E-state index in [1.807, 2.05) is 48.5 Å². The molecule has 9 rings (SSSR count). The van der Waals surface area contributed by atoms with Gasteiger partial charge in [-0.25, -0.2) is 0 Å². The molecule has 0 radical (unpaired) electrons. The summed E-state index contributed by atoms with van der Waals surface area (Å²) >= 11 is 25.8. The average Bonchev–Trinajstić information content (AvgIpc) is 3.18. The summed E-state index contributed by atoms with van der Waals surface area (Å²) in [5.74, 6) is 0. The molecule has 4 heteroatoms. The molecule has 0 heterocycles. The number of halogens is 4. The van der Waals surface area contributed by atoms with Crippen LogP contribution in [0.5, 0.6) is 0 Å². The third-order valence-electron chi connectivity index (χ3n) is 9.96. The summed E-state index contributed by atoms with van der Waals surface area (Å²) in [7, 11) is 0. The molecule has 0 aliphatic heterocycles. The molecule has 0 aromatic heterocycles. The van der Waals surface area contributed by atoms with Gasteiger partial charge in [-0.1, -0.05) is 168 Å². The highest BCUT2D eigenvalue weighted by Crippen LogP contribution is 2.57. The smallest absolute Gasteiger partial charge is 0.0406 e. The second-order valence-corrected chi connectivity index (χ2v) is 14.7. The van der Waals surface area contributed by atoms with Gasteiger partial charge in [-0.2, -0.15) is 0 Å². The van der Waals surface area contributed by atoms with Crippen LogP contribution in [0.3, 0.4) is 0 Å². The van der Waals surface area contributed by atoms with E-state index in [0.717, 1.165) is 89.0 Å². The SMILES string of the molecule is Clc1ccc(-c2ccc(-c3ccc(Cl)cc3)c3c2-c2ccccc2-c2c(-c4ccc(Cl)cc4)ccc(-c4ccc(Cl)cc4)c2-c2ccccc2-3)cc1. The van der Waals surface area contributed by atoms with E-state index in [1.54, 1.807) is 0 Å². The molecule has 1 aliphatic rings. The molecule has 8 aromatic rings. The van der Waals surface area contributed by atoms with Crippen molar-refractivity contribution < 1.29 is 0 Å². The molecule has 0 fully saturated rings. The van der Waals surface area contributed by atoms with E-state index >= 15 is 0 Å². The van der Waals surface area contributed by atoms with Crippen LogP contribution >= 0.6 is 46.4 Å². The highest BCUT2D eigenvalue weighted by Gasteiger charge is 2.30. The molecule has 0 atom stereocenters. The van der Waals surface area contributed by atoms with Gasteiger partial charge in [0.15, 0.2) is 0 Å². The van der Waals surface area contributed by atoms with Crippen molar-refractivity contribution >= 4 is 46.4 Å². The Bertz CT molecular complexity index is 2250. The Kier molecular flexibility index (Phi) is 8.50. The molecule has 0 saturated carbocycles. The molecule has 0 amide bonds. The summed E-state index contributed by atoms with van der Waals surface area (Å²) in [6.45, 7) is 0. The third kappa shape index (κ3) is 5.73. The van der Waals surface area contributed by atoms with Crippen LogP contribution in [0.25, 0.3) is 89.0 Å². The van der Waals surface area contributed by atoms with E-state index < -0.39 is 0 Å². The average molecular weight is 747 g/mol. The van der Waals surface area contributed by atoms with Gasteiger partial charge in [-0.15, -0.1) is 0 Å². The van der Waals surface area contributed by atoms with Crippen molar-refractivity contribution in [2.24, 2.45) is 0 Å². The summed E-state index contributed by atoms with van der Waals surface area (Å²) in [4.78, 5) is 0. The number of benzene rings is 8. The van der Waals surface area contributed by atoms with Gasteiger partial charge < -0.3 is 0 Å². The van der Waals surface area contributed by atoms with E-state index in [-0.39, 0.29) is 0 Å². The van der Waals surface area contributed by atoms with Gasteiger partial charge in [0, 0.05) is 20.1 Å². The minimum absolute atomic E-state index is 0.700. The lowest BCUT2D eigenvalue weighted by Crippen LogP contribution is -2.03. The number of fused-ring (bicyclic) bond motifs is 8. The minimum Gasteiger partial charge on any atom is -0.0843 e. The number of hydrogen-bond donors (Lipinski definition) is 0. The highest BCUT2D eigenvalue weighted by atomic mass is 35.5. The Morgan fingerprint density at radius 1 is 0.192 bits per heavy atom. The monoisotopic (exact) mass is 744 g/mol. The number of rotatable bonds is 4. The summed E-state index contributed by atoms with van der Waals surface area (Å²) in [6, 6.07) is 59.2. The van der Waals surface area contributed by atoms with Crippen LogP contribution in [0.2, 0.25) is 20.1 Å². The zero-order chi connectivity index (χ0) is 35.3. The predicted octanol–water partition coefficient (Wildman–Crippen LogP) is 15.9. The maximum atomic E-state index is 6.45. The van der Waals surface area contributed by atoms with E-state index in [2.05, 4.69) is 121 Å². The predicted molar refractivity (Wildman–Crippen MR) is 224 cm³/mol. The fraction of sp³-hybridized carbons (Fsp3) is 0. The van der Waals surface area contributed by atoms with E-state index in [4.69, 9.17) is 46.4 Å². The van der Waals surface area contributed by atoms with Crippen molar-refractivity contribution in [3.8, 4) is 89.0 Å². The van der Waals surface area contributed by atoms with Crippen LogP contribution in [0.15, 0.2) is 170 Å². The van der Waals surface area contributed by atoms with E-state index in [9.17, 15) is 0 Å². The number of hydrogen-bond acceptors (Lipinski definition) is 0. The van der Waals surface area contributed by atoms with Crippen molar-refractivity contribution in [2.75, 3.05) is 0 Å². The maximum Gasteiger partial charge on any atom is 0.0406 e. The van der Waals surface area contributed by atoms with E-state index in [0.29, 0.717) is 20.1 Å². The van der Waals surface area contributed by atoms with Gasteiger partial charge in [0.2, 0.25) is 0 Å². The van der Waals surface area contributed by atoms with Gasteiger partial charge >= 0.3 is 0 Å². The van der Waals surface area contributed by atoms with E-state index in [1.165, 1.54) is 0 Å². The Hall–Kier alpha value is -5.08. The van der Waals surface area contributed by atoms with Crippen molar-refractivity contribution in [1.29, 1.82) is 0 Å². The molecule has 0 bridgehead atoms. The van der Waals surface area contributed by atoms with Gasteiger partial charge in [0.1, 0.15) is 0 Å². The second kappa shape index (κ2) is 13.5. The molecule has 0 nitrogen and oxygen atoms in total. The Morgan fingerprint density at radius 3 is 0.577 bits per heavy atom. The first kappa shape index (κ1) is 32.8. The van der Waals surface area contributed by atoms with Crippen molar-refractivity contribution in [1.82, 2.24) is 0 Å². The standard InChI is InChI=1S/C48H28Cl4/c49-33-17-9-29(10-18-33)37-25-26-39(31-13-21-35(51)22-14-31)47-43-7-3-4-8-44(43)48-40(32-15-23-36(52)24-16-32)28-27-38(30-11-19-34(50)20-12-30)46(48)42-6-2-1-5-41(42)45(37)47/h1-28H. The Morgan fingerprint density at radius 2 is 0.385 bits per heavy atom. The van der Waals surface area contributed by atoms with Crippen LogP contribution in [-0.2, 0) is 0 Å². The lowest BCUT2D eigenvalue weighted by atomic mass is 9.73. The minimum atomic E-state index is 0.700. The summed E-state index contributed by atoms with van der Waals surface area (Å²) in [6.07, 6.45) is 0. The fourth-order valence-corrected chi connectivity index (χ4v) is 8.15. The zero-order valence-electron chi connectivity index (χ0n) is 27.7. The van der Waals surface area contributed by atoms with Crippen LogP contribution in [0.4, 0.5) is 0 Å². The van der Waals surface area contributed by atoms with Gasteiger partial charge in [-0.05, 0) is 138 Å². The topological polar surface area (TPSA) is 0 Å². The van der Waals surface area contributed by atoms with Gasteiger partial charge in [0.05, 0.1) is 0 Å².